The first-order chi connectivity index (χ1) is 7.65. The lowest BCUT2D eigenvalue weighted by Gasteiger charge is -2.12. The number of nitrogens with zero attached hydrogens (tertiary/aromatic N) is 1. The van der Waals surface area contributed by atoms with Crippen molar-refractivity contribution in [2.24, 2.45) is 5.92 Å². The third kappa shape index (κ3) is 2.39. The molecule has 1 aromatic rings. The maximum atomic E-state index is 11.0. The molecule has 86 valence electrons. The molecule has 16 heavy (non-hydrogen) atoms. The normalized spacial score (nSPS) is 24.2. The second kappa shape index (κ2) is 4.34. The number of aliphatic carboxylic acids is 1. The minimum atomic E-state index is -0.747. The van der Waals surface area contributed by atoms with E-state index in [0.717, 1.165) is 6.42 Å². The van der Waals surface area contributed by atoms with E-state index >= 15 is 0 Å². The second-order valence-corrected chi connectivity index (χ2v) is 3.99. The van der Waals surface area contributed by atoms with Gasteiger partial charge in [-0.25, -0.2) is 4.98 Å². The molecule has 0 saturated heterocycles. The summed E-state index contributed by atoms with van der Waals surface area (Å²) in [6.07, 6.45) is 3.39. The van der Waals surface area contributed by atoms with Crippen LogP contribution in [0.4, 0.5) is 5.82 Å². The van der Waals surface area contributed by atoms with Crippen LogP contribution in [0.2, 0.25) is 0 Å². The van der Waals surface area contributed by atoms with Crippen LogP contribution in [0.15, 0.2) is 17.2 Å². The van der Waals surface area contributed by atoms with Crippen LogP contribution >= 0.6 is 0 Å². The predicted octanol–water partition coefficient (Wildman–Crippen LogP) is 0.435. The van der Waals surface area contributed by atoms with Crippen LogP contribution in [0.25, 0.3) is 0 Å². The average molecular weight is 223 g/mol. The number of aromatic nitrogens is 2. The summed E-state index contributed by atoms with van der Waals surface area (Å²) in [5.74, 6) is -0.526. The van der Waals surface area contributed by atoms with Crippen molar-refractivity contribution in [3.63, 3.8) is 0 Å². The van der Waals surface area contributed by atoms with Gasteiger partial charge in [-0.05, 0) is 19.3 Å². The zero-order chi connectivity index (χ0) is 11.5. The predicted molar refractivity (Wildman–Crippen MR) is 57.2 cm³/mol. The topological polar surface area (TPSA) is 95.1 Å². The number of nitrogens with one attached hydrogen (secondary N) is 2. The van der Waals surface area contributed by atoms with Crippen LogP contribution in [-0.4, -0.2) is 27.1 Å². The molecule has 0 unspecified atom stereocenters. The van der Waals surface area contributed by atoms with Crippen LogP contribution in [0, 0.1) is 5.92 Å². The molecular weight excluding hydrogens is 210 g/mol. The zero-order valence-corrected chi connectivity index (χ0v) is 8.64. The van der Waals surface area contributed by atoms with E-state index in [9.17, 15) is 9.59 Å². The van der Waals surface area contributed by atoms with Crippen LogP contribution in [0.5, 0.6) is 0 Å². The highest BCUT2D eigenvalue weighted by Gasteiger charge is 2.29. The Morgan fingerprint density at radius 3 is 3.00 bits per heavy atom. The third-order valence-corrected chi connectivity index (χ3v) is 2.81. The van der Waals surface area contributed by atoms with E-state index < -0.39 is 5.97 Å². The summed E-state index contributed by atoms with van der Waals surface area (Å²) < 4.78 is 0. The molecule has 0 radical (unpaired) electrons. The Morgan fingerprint density at radius 2 is 2.38 bits per heavy atom. The molecule has 0 aromatic carbocycles. The summed E-state index contributed by atoms with van der Waals surface area (Å²) in [6.45, 7) is 0. The molecule has 1 fully saturated rings. The molecule has 1 saturated carbocycles. The number of aromatic amines is 1. The van der Waals surface area contributed by atoms with Gasteiger partial charge in [-0.15, -0.1) is 0 Å². The Labute approximate surface area is 91.7 Å². The summed E-state index contributed by atoms with van der Waals surface area (Å²) >= 11 is 0. The number of carboxylic acid groups (broad SMARTS) is 1. The molecule has 0 amide bonds. The van der Waals surface area contributed by atoms with Crippen molar-refractivity contribution in [3.8, 4) is 0 Å². The molecule has 0 bridgehead atoms. The number of anilines is 1. The molecule has 3 N–H and O–H groups in total. The van der Waals surface area contributed by atoms with E-state index in [2.05, 4.69) is 15.3 Å². The average Bonchev–Trinajstić information content (AvgIpc) is 2.66. The number of H-pyrrole nitrogens is 1. The Kier molecular flexibility index (Phi) is 2.89. The second-order valence-electron chi connectivity index (χ2n) is 3.99. The Hall–Kier alpha value is -1.85. The fourth-order valence-electron chi connectivity index (χ4n) is 1.99. The summed E-state index contributed by atoms with van der Waals surface area (Å²) in [5, 5.41) is 11.9. The molecule has 1 aliphatic carbocycles. The van der Waals surface area contributed by atoms with Gasteiger partial charge in [0.1, 0.15) is 5.82 Å². The molecule has 6 nitrogen and oxygen atoms in total. The first kappa shape index (κ1) is 10.7. The Bertz CT molecular complexity index is 443. The van der Waals surface area contributed by atoms with Gasteiger partial charge >= 0.3 is 5.97 Å². The van der Waals surface area contributed by atoms with Gasteiger partial charge in [0, 0.05) is 12.1 Å². The van der Waals surface area contributed by atoms with Crippen LogP contribution in [0.1, 0.15) is 19.3 Å². The van der Waals surface area contributed by atoms with Gasteiger partial charge < -0.3 is 15.4 Å². The van der Waals surface area contributed by atoms with E-state index in [1.54, 1.807) is 0 Å². The van der Waals surface area contributed by atoms with Crippen molar-refractivity contribution in [2.45, 2.75) is 25.3 Å². The highest BCUT2D eigenvalue weighted by Crippen LogP contribution is 2.27. The highest BCUT2D eigenvalue weighted by atomic mass is 16.4. The van der Waals surface area contributed by atoms with Crippen LogP contribution < -0.4 is 10.9 Å². The van der Waals surface area contributed by atoms with Gasteiger partial charge in [-0.2, -0.15) is 0 Å². The van der Waals surface area contributed by atoms with Crippen molar-refractivity contribution in [1.82, 2.24) is 9.97 Å². The molecule has 6 heteroatoms. The van der Waals surface area contributed by atoms with Crippen molar-refractivity contribution in [2.75, 3.05) is 5.32 Å². The van der Waals surface area contributed by atoms with E-state index in [1.807, 2.05) is 0 Å². The van der Waals surface area contributed by atoms with E-state index in [0.29, 0.717) is 18.7 Å². The van der Waals surface area contributed by atoms with Gasteiger partial charge in [0.25, 0.3) is 5.56 Å². The summed E-state index contributed by atoms with van der Waals surface area (Å²) in [7, 11) is 0. The lowest BCUT2D eigenvalue weighted by atomic mass is 10.1. The van der Waals surface area contributed by atoms with E-state index in [4.69, 9.17) is 5.11 Å². The van der Waals surface area contributed by atoms with Crippen molar-refractivity contribution in [1.29, 1.82) is 0 Å². The maximum absolute atomic E-state index is 11.0. The molecular formula is C10H13N3O3. The fraction of sp³-hybridized carbons (Fsp3) is 0.500. The van der Waals surface area contributed by atoms with Crippen molar-refractivity contribution >= 4 is 11.8 Å². The molecule has 1 aliphatic rings. The Balaban J connectivity index is 1.97. The zero-order valence-electron chi connectivity index (χ0n) is 8.64. The molecule has 0 spiro atoms. The number of hydrogen-bond acceptors (Lipinski definition) is 4. The first-order valence-electron chi connectivity index (χ1n) is 5.19. The van der Waals surface area contributed by atoms with Gasteiger partial charge in [-0.3, -0.25) is 9.59 Å². The lowest BCUT2D eigenvalue weighted by Crippen LogP contribution is -2.20. The van der Waals surface area contributed by atoms with Gasteiger partial charge in [0.15, 0.2) is 0 Å². The number of carboxylic acids is 1. The smallest absolute Gasteiger partial charge is 0.306 e. The molecule has 0 aliphatic heterocycles. The lowest BCUT2D eigenvalue weighted by molar-refractivity contribution is -0.141. The summed E-state index contributed by atoms with van der Waals surface area (Å²) in [5.41, 5.74) is -0.217. The molecule has 2 atom stereocenters. The van der Waals surface area contributed by atoms with E-state index in [1.165, 1.54) is 12.4 Å². The summed E-state index contributed by atoms with van der Waals surface area (Å²) in [6, 6.07) is 1.46. The standard InChI is InChI=1S/C10H13N3O3/c14-9-4-8(11-5-12-9)13-7-2-1-6(3-7)10(15)16/h4-7H,1-3H2,(H,15,16)(H2,11,12,13,14)/t6-,7+/m1/s1. The number of carbonyl (C=O) groups is 1. The van der Waals surface area contributed by atoms with Gasteiger partial charge in [0.05, 0.1) is 12.2 Å². The SMILES string of the molecule is O=C(O)[C@@H]1CC[C@H](Nc2cc(=O)[nH]cn2)C1. The summed E-state index contributed by atoms with van der Waals surface area (Å²) in [4.78, 5) is 28.1. The maximum Gasteiger partial charge on any atom is 0.306 e. The number of rotatable bonds is 3. The first-order valence-corrected chi connectivity index (χ1v) is 5.19. The molecule has 1 aromatic heterocycles. The third-order valence-electron chi connectivity index (χ3n) is 2.81. The monoisotopic (exact) mass is 223 g/mol. The fourth-order valence-corrected chi connectivity index (χ4v) is 1.99. The highest BCUT2D eigenvalue weighted by molar-refractivity contribution is 5.70. The molecule has 2 rings (SSSR count). The van der Waals surface area contributed by atoms with Gasteiger partial charge in [0.2, 0.25) is 0 Å². The van der Waals surface area contributed by atoms with Crippen LogP contribution in [0.3, 0.4) is 0 Å². The molecule has 1 heterocycles. The van der Waals surface area contributed by atoms with E-state index in [-0.39, 0.29) is 17.5 Å². The van der Waals surface area contributed by atoms with Crippen molar-refractivity contribution < 1.29 is 9.90 Å². The largest absolute Gasteiger partial charge is 0.481 e. The van der Waals surface area contributed by atoms with Gasteiger partial charge in [-0.1, -0.05) is 0 Å². The number of hydrogen-bond donors (Lipinski definition) is 3. The van der Waals surface area contributed by atoms with Crippen LogP contribution in [-0.2, 0) is 4.79 Å². The Morgan fingerprint density at radius 1 is 1.56 bits per heavy atom. The minimum Gasteiger partial charge on any atom is -0.481 e. The quantitative estimate of drug-likeness (QED) is 0.691. The minimum absolute atomic E-state index is 0.0930. The van der Waals surface area contributed by atoms with Crippen molar-refractivity contribution in [3.05, 3.63) is 22.7 Å².